The van der Waals surface area contributed by atoms with Crippen molar-refractivity contribution in [3.05, 3.63) is 53.2 Å². The molecular formula is C12H9ClN2. The number of halogens is 1. The number of allylic oxidation sites excluding steroid dienone is 2. The molecule has 0 saturated heterocycles. The highest BCUT2D eigenvalue weighted by atomic mass is 35.5. The summed E-state index contributed by atoms with van der Waals surface area (Å²) in [6, 6.07) is 5.82. The molecule has 0 fully saturated rings. The number of fused-ring (bicyclic) bond motifs is 2. The number of rotatable bonds is 0. The van der Waals surface area contributed by atoms with Gasteiger partial charge < -0.3 is 4.90 Å². The van der Waals surface area contributed by atoms with E-state index in [0.29, 0.717) is 0 Å². The minimum absolute atomic E-state index is 0.768. The molecule has 15 heavy (non-hydrogen) atoms. The topological polar surface area (TPSA) is 15.6 Å². The van der Waals surface area contributed by atoms with Gasteiger partial charge in [0.05, 0.1) is 12.2 Å². The van der Waals surface area contributed by atoms with Gasteiger partial charge in [-0.05, 0) is 35.9 Å². The van der Waals surface area contributed by atoms with E-state index >= 15 is 0 Å². The molecule has 0 radical (unpaired) electrons. The number of aliphatic imine (C=N–C) groups is 1. The molecular weight excluding hydrogens is 208 g/mol. The van der Waals surface area contributed by atoms with Gasteiger partial charge in [0, 0.05) is 11.2 Å². The summed E-state index contributed by atoms with van der Waals surface area (Å²) >= 11 is 5.95. The summed E-state index contributed by atoms with van der Waals surface area (Å²) in [5.41, 5.74) is 2.19. The standard InChI is InChI=1S/C12H9ClN2/c13-10-4-5-11-9(7-10)8-15-6-2-1-3-12(15)14-11/h1-7H,8H2. The first-order chi connectivity index (χ1) is 7.33. The zero-order valence-electron chi connectivity index (χ0n) is 8.02. The van der Waals surface area contributed by atoms with Crippen molar-refractivity contribution in [2.75, 3.05) is 0 Å². The lowest BCUT2D eigenvalue weighted by molar-refractivity contribution is 0.544. The van der Waals surface area contributed by atoms with Crippen LogP contribution in [0.4, 0.5) is 5.69 Å². The van der Waals surface area contributed by atoms with Crippen molar-refractivity contribution in [1.82, 2.24) is 4.90 Å². The smallest absolute Gasteiger partial charge is 0.133 e. The van der Waals surface area contributed by atoms with Crippen molar-refractivity contribution < 1.29 is 0 Å². The second-order valence-electron chi connectivity index (χ2n) is 3.57. The average molecular weight is 217 g/mol. The van der Waals surface area contributed by atoms with Gasteiger partial charge in [0.2, 0.25) is 0 Å². The Balaban J connectivity index is 2.12. The summed E-state index contributed by atoms with van der Waals surface area (Å²) in [6.45, 7) is 0.843. The van der Waals surface area contributed by atoms with Crippen molar-refractivity contribution in [2.24, 2.45) is 4.99 Å². The normalized spacial score (nSPS) is 17.1. The zero-order valence-corrected chi connectivity index (χ0v) is 8.78. The van der Waals surface area contributed by atoms with E-state index in [1.54, 1.807) is 0 Å². The van der Waals surface area contributed by atoms with Crippen LogP contribution in [0.3, 0.4) is 0 Å². The van der Waals surface area contributed by atoms with Gasteiger partial charge in [-0.3, -0.25) is 0 Å². The minimum atomic E-state index is 0.768. The SMILES string of the molecule is Clc1ccc2c(c1)CN1C=CC=CC1=N2. The lowest BCUT2D eigenvalue weighted by Crippen LogP contribution is -2.27. The van der Waals surface area contributed by atoms with Crippen LogP contribution in [0.15, 0.2) is 47.6 Å². The molecule has 74 valence electrons. The minimum Gasteiger partial charge on any atom is -0.329 e. The molecule has 2 aliphatic heterocycles. The van der Waals surface area contributed by atoms with Crippen LogP contribution in [0.25, 0.3) is 0 Å². The molecule has 1 aromatic rings. The van der Waals surface area contributed by atoms with Crippen molar-refractivity contribution in [2.45, 2.75) is 6.54 Å². The Kier molecular flexibility index (Phi) is 1.89. The van der Waals surface area contributed by atoms with E-state index in [-0.39, 0.29) is 0 Å². The van der Waals surface area contributed by atoms with E-state index in [1.165, 1.54) is 5.56 Å². The summed E-state index contributed by atoms with van der Waals surface area (Å²) in [5.74, 6) is 0.993. The third kappa shape index (κ3) is 1.47. The highest BCUT2D eigenvalue weighted by Gasteiger charge is 2.17. The highest BCUT2D eigenvalue weighted by Crippen LogP contribution is 2.29. The summed E-state index contributed by atoms with van der Waals surface area (Å²) < 4.78 is 0. The highest BCUT2D eigenvalue weighted by molar-refractivity contribution is 6.30. The van der Waals surface area contributed by atoms with Crippen LogP contribution in [0.2, 0.25) is 5.02 Å². The zero-order chi connectivity index (χ0) is 10.3. The fourth-order valence-electron chi connectivity index (χ4n) is 1.80. The summed E-state index contributed by atoms with van der Waals surface area (Å²) in [5, 5.41) is 0.768. The molecule has 0 amide bonds. The molecule has 3 rings (SSSR count). The van der Waals surface area contributed by atoms with Gasteiger partial charge in [0.1, 0.15) is 5.84 Å². The van der Waals surface area contributed by atoms with Crippen LogP contribution in [-0.2, 0) is 6.54 Å². The fraction of sp³-hybridized carbons (Fsp3) is 0.0833. The molecule has 0 aliphatic carbocycles. The monoisotopic (exact) mass is 216 g/mol. The summed E-state index contributed by atoms with van der Waals surface area (Å²) in [4.78, 5) is 6.66. The Hall–Kier alpha value is -1.54. The Bertz CT molecular complexity index is 500. The molecule has 0 unspecified atom stereocenters. The van der Waals surface area contributed by atoms with Gasteiger partial charge >= 0.3 is 0 Å². The second kappa shape index (κ2) is 3.24. The second-order valence-corrected chi connectivity index (χ2v) is 4.01. The number of hydrogen-bond donors (Lipinski definition) is 0. The summed E-state index contributed by atoms with van der Waals surface area (Å²) in [7, 11) is 0. The van der Waals surface area contributed by atoms with Crippen molar-refractivity contribution in [3.63, 3.8) is 0 Å². The van der Waals surface area contributed by atoms with Gasteiger partial charge in [0.25, 0.3) is 0 Å². The first-order valence-corrected chi connectivity index (χ1v) is 5.19. The van der Waals surface area contributed by atoms with Crippen LogP contribution in [-0.4, -0.2) is 10.7 Å². The molecule has 1 aromatic carbocycles. The molecule has 0 atom stereocenters. The number of hydrogen-bond acceptors (Lipinski definition) is 2. The average Bonchev–Trinajstić information content (AvgIpc) is 2.26. The fourth-order valence-corrected chi connectivity index (χ4v) is 1.99. The predicted octanol–water partition coefficient (Wildman–Crippen LogP) is 3.27. The Morgan fingerprint density at radius 3 is 3.13 bits per heavy atom. The van der Waals surface area contributed by atoms with E-state index in [9.17, 15) is 0 Å². The Labute approximate surface area is 93.2 Å². The van der Waals surface area contributed by atoms with Crippen LogP contribution < -0.4 is 0 Å². The van der Waals surface area contributed by atoms with Gasteiger partial charge in [-0.1, -0.05) is 17.7 Å². The molecule has 0 saturated carbocycles. The van der Waals surface area contributed by atoms with Crippen molar-refractivity contribution in [3.8, 4) is 0 Å². The lowest BCUT2D eigenvalue weighted by atomic mass is 10.1. The van der Waals surface area contributed by atoms with Crippen LogP contribution in [0.1, 0.15) is 5.56 Å². The van der Waals surface area contributed by atoms with Gasteiger partial charge in [-0.15, -0.1) is 0 Å². The molecule has 0 bridgehead atoms. The Morgan fingerprint density at radius 1 is 1.27 bits per heavy atom. The molecule has 2 aliphatic rings. The molecule has 0 aromatic heterocycles. The maximum absolute atomic E-state index is 5.95. The lowest BCUT2D eigenvalue weighted by Gasteiger charge is -2.27. The van der Waals surface area contributed by atoms with Crippen LogP contribution >= 0.6 is 11.6 Å². The predicted molar refractivity (Wildman–Crippen MR) is 62.4 cm³/mol. The molecule has 0 spiro atoms. The third-order valence-corrected chi connectivity index (χ3v) is 2.77. The molecule has 0 N–H and O–H groups in total. The number of benzene rings is 1. The molecule has 2 heterocycles. The Morgan fingerprint density at radius 2 is 2.20 bits per heavy atom. The first-order valence-electron chi connectivity index (χ1n) is 4.81. The number of nitrogens with zero attached hydrogens (tertiary/aromatic N) is 2. The van der Waals surface area contributed by atoms with E-state index in [1.807, 2.05) is 42.6 Å². The van der Waals surface area contributed by atoms with E-state index in [2.05, 4.69) is 9.89 Å². The van der Waals surface area contributed by atoms with Gasteiger partial charge in [-0.25, -0.2) is 4.99 Å². The maximum atomic E-state index is 5.95. The van der Waals surface area contributed by atoms with Crippen LogP contribution in [0.5, 0.6) is 0 Å². The van der Waals surface area contributed by atoms with Crippen LogP contribution in [0, 0.1) is 0 Å². The number of amidine groups is 1. The molecule has 2 nitrogen and oxygen atoms in total. The van der Waals surface area contributed by atoms with Crippen molar-refractivity contribution >= 4 is 23.1 Å². The quantitative estimate of drug-likeness (QED) is 0.650. The van der Waals surface area contributed by atoms with Gasteiger partial charge in [-0.2, -0.15) is 0 Å². The third-order valence-electron chi connectivity index (χ3n) is 2.53. The van der Waals surface area contributed by atoms with E-state index < -0.39 is 0 Å². The van der Waals surface area contributed by atoms with Crippen molar-refractivity contribution in [1.29, 1.82) is 0 Å². The largest absolute Gasteiger partial charge is 0.329 e. The van der Waals surface area contributed by atoms with E-state index in [0.717, 1.165) is 23.1 Å². The van der Waals surface area contributed by atoms with E-state index in [4.69, 9.17) is 11.6 Å². The first kappa shape index (κ1) is 8.74. The maximum Gasteiger partial charge on any atom is 0.133 e. The summed E-state index contributed by atoms with van der Waals surface area (Å²) in [6.07, 6.45) is 8.05. The van der Waals surface area contributed by atoms with Gasteiger partial charge in [0.15, 0.2) is 0 Å². The molecule has 3 heteroatoms.